The fourth-order valence-corrected chi connectivity index (χ4v) is 2.85. The summed E-state index contributed by atoms with van der Waals surface area (Å²) >= 11 is 0. The van der Waals surface area contributed by atoms with Crippen LogP contribution < -0.4 is 0 Å². The highest BCUT2D eigenvalue weighted by molar-refractivity contribution is 5.66. The molecule has 1 aromatic carbocycles. The monoisotopic (exact) mass is 291 g/mol. The Labute approximate surface area is 126 Å². The molecule has 0 unspecified atom stereocenters. The first-order chi connectivity index (χ1) is 9.97. The van der Waals surface area contributed by atoms with Crippen LogP contribution in [0.15, 0.2) is 18.2 Å². The van der Waals surface area contributed by atoms with Crippen LogP contribution in [0.3, 0.4) is 0 Å². The van der Waals surface area contributed by atoms with Crippen molar-refractivity contribution in [3.05, 3.63) is 34.9 Å². The maximum atomic E-state index is 10.6. The van der Waals surface area contributed by atoms with Crippen molar-refractivity contribution in [1.29, 1.82) is 0 Å². The first-order valence-electron chi connectivity index (χ1n) is 7.62. The summed E-state index contributed by atoms with van der Waals surface area (Å²) in [7, 11) is 0. The Morgan fingerprint density at radius 2 is 2.19 bits per heavy atom. The molecule has 1 aromatic rings. The van der Waals surface area contributed by atoms with Crippen molar-refractivity contribution in [2.24, 2.45) is 0 Å². The van der Waals surface area contributed by atoms with Gasteiger partial charge in [0.05, 0.1) is 12.7 Å². The number of carboxylic acids is 1. The van der Waals surface area contributed by atoms with Crippen LogP contribution in [0.25, 0.3) is 0 Å². The molecule has 0 radical (unpaired) electrons. The van der Waals surface area contributed by atoms with E-state index in [1.165, 1.54) is 16.7 Å². The quantitative estimate of drug-likeness (QED) is 0.906. The average molecular weight is 291 g/mol. The minimum atomic E-state index is -0.720. The molecule has 0 aromatic heterocycles. The molecule has 1 aliphatic rings. The fraction of sp³-hybridized carbons (Fsp3) is 0.588. The van der Waals surface area contributed by atoms with Crippen LogP contribution >= 0.6 is 0 Å². The predicted molar refractivity (Wildman–Crippen MR) is 82.5 cm³/mol. The summed E-state index contributed by atoms with van der Waals surface area (Å²) in [4.78, 5) is 13.0. The molecule has 1 aliphatic heterocycles. The van der Waals surface area contributed by atoms with Gasteiger partial charge in [0.2, 0.25) is 0 Å². The second-order valence-electron chi connectivity index (χ2n) is 6.02. The molecule has 0 saturated carbocycles. The van der Waals surface area contributed by atoms with E-state index in [0.717, 1.165) is 13.1 Å². The standard InChI is InChI=1S/C17H25NO3/c1-12-6-7-13(2)15(9-12)16-10-18(14(3)11-21-16)8-4-5-17(19)20/h6-7,9,14,16H,4-5,8,10-11H2,1-3H3,(H,19,20)/t14-,16+/m0/s1. The van der Waals surface area contributed by atoms with Crippen molar-refractivity contribution in [3.8, 4) is 0 Å². The van der Waals surface area contributed by atoms with E-state index < -0.39 is 5.97 Å². The first kappa shape index (κ1) is 16.0. The number of benzene rings is 1. The second kappa shape index (κ2) is 7.05. The lowest BCUT2D eigenvalue weighted by Gasteiger charge is -2.38. The zero-order valence-electron chi connectivity index (χ0n) is 13.1. The SMILES string of the molecule is Cc1ccc(C)c([C@H]2CN(CCCC(=O)O)[C@@H](C)CO2)c1. The van der Waals surface area contributed by atoms with Crippen LogP contribution in [0.2, 0.25) is 0 Å². The molecule has 4 heteroatoms. The number of nitrogens with zero attached hydrogens (tertiary/aromatic N) is 1. The molecule has 0 amide bonds. The Bertz CT molecular complexity index is 501. The molecule has 21 heavy (non-hydrogen) atoms. The summed E-state index contributed by atoms with van der Waals surface area (Å²) in [6.07, 6.45) is 1.02. The minimum absolute atomic E-state index is 0.0888. The lowest BCUT2D eigenvalue weighted by atomic mass is 9.98. The van der Waals surface area contributed by atoms with E-state index in [0.29, 0.717) is 19.1 Å². The maximum Gasteiger partial charge on any atom is 0.303 e. The van der Waals surface area contributed by atoms with Gasteiger partial charge in [-0.15, -0.1) is 0 Å². The second-order valence-corrected chi connectivity index (χ2v) is 6.02. The molecule has 1 N–H and O–H groups in total. The van der Waals surface area contributed by atoms with Gasteiger partial charge in [0.1, 0.15) is 0 Å². The van der Waals surface area contributed by atoms with Crippen molar-refractivity contribution in [3.63, 3.8) is 0 Å². The number of aryl methyl sites for hydroxylation is 2. The molecule has 2 atom stereocenters. The molecule has 0 spiro atoms. The highest BCUT2D eigenvalue weighted by Gasteiger charge is 2.27. The van der Waals surface area contributed by atoms with Crippen LogP contribution in [0.5, 0.6) is 0 Å². The topological polar surface area (TPSA) is 49.8 Å². The van der Waals surface area contributed by atoms with Crippen LogP contribution in [-0.4, -0.2) is 41.7 Å². The van der Waals surface area contributed by atoms with Gasteiger partial charge in [0, 0.05) is 19.0 Å². The number of aliphatic carboxylic acids is 1. The third-order valence-corrected chi connectivity index (χ3v) is 4.18. The molecule has 1 saturated heterocycles. The van der Waals surface area contributed by atoms with Gasteiger partial charge in [0.15, 0.2) is 0 Å². The number of carbonyl (C=O) groups is 1. The molecule has 116 valence electrons. The third-order valence-electron chi connectivity index (χ3n) is 4.18. The molecule has 2 rings (SSSR count). The van der Waals surface area contributed by atoms with Crippen LogP contribution in [0.1, 0.15) is 42.6 Å². The Morgan fingerprint density at radius 1 is 1.43 bits per heavy atom. The number of morpholine rings is 1. The normalized spacial score (nSPS) is 23.2. The van der Waals surface area contributed by atoms with E-state index in [-0.39, 0.29) is 12.5 Å². The van der Waals surface area contributed by atoms with Gasteiger partial charge in [-0.3, -0.25) is 9.69 Å². The molecule has 0 aliphatic carbocycles. The van der Waals surface area contributed by atoms with Crippen molar-refractivity contribution >= 4 is 5.97 Å². The van der Waals surface area contributed by atoms with Gasteiger partial charge >= 0.3 is 5.97 Å². The van der Waals surface area contributed by atoms with Gasteiger partial charge in [-0.1, -0.05) is 23.8 Å². The summed E-state index contributed by atoms with van der Waals surface area (Å²) in [6.45, 7) is 8.71. The molecular formula is C17H25NO3. The Kier molecular flexibility index (Phi) is 5.37. The van der Waals surface area contributed by atoms with Gasteiger partial charge < -0.3 is 9.84 Å². The Balaban J connectivity index is 2.02. The van der Waals surface area contributed by atoms with E-state index in [1.54, 1.807) is 0 Å². The number of hydrogen-bond acceptors (Lipinski definition) is 3. The lowest BCUT2D eigenvalue weighted by molar-refractivity contribution is -0.137. The number of hydrogen-bond donors (Lipinski definition) is 1. The summed E-state index contributed by atoms with van der Waals surface area (Å²) in [5, 5.41) is 8.76. The van der Waals surface area contributed by atoms with E-state index in [4.69, 9.17) is 9.84 Å². The number of rotatable bonds is 5. The van der Waals surface area contributed by atoms with Crippen molar-refractivity contribution in [2.75, 3.05) is 19.7 Å². The highest BCUT2D eigenvalue weighted by Crippen LogP contribution is 2.28. The predicted octanol–water partition coefficient (Wildman–Crippen LogP) is 2.93. The highest BCUT2D eigenvalue weighted by atomic mass is 16.5. The number of ether oxygens (including phenoxy) is 1. The van der Waals surface area contributed by atoms with E-state index in [9.17, 15) is 4.79 Å². The summed E-state index contributed by atoms with van der Waals surface area (Å²) in [6, 6.07) is 6.81. The Hall–Kier alpha value is -1.39. The van der Waals surface area contributed by atoms with E-state index >= 15 is 0 Å². The summed E-state index contributed by atoms with van der Waals surface area (Å²) < 4.78 is 6.01. The minimum Gasteiger partial charge on any atom is -0.481 e. The molecule has 0 bridgehead atoms. The van der Waals surface area contributed by atoms with Crippen LogP contribution in [0.4, 0.5) is 0 Å². The smallest absolute Gasteiger partial charge is 0.303 e. The number of carboxylic acid groups (broad SMARTS) is 1. The van der Waals surface area contributed by atoms with Crippen LogP contribution in [0, 0.1) is 13.8 Å². The summed E-state index contributed by atoms with van der Waals surface area (Å²) in [5.41, 5.74) is 3.76. The Morgan fingerprint density at radius 3 is 2.90 bits per heavy atom. The zero-order chi connectivity index (χ0) is 15.4. The maximum absolute atomic E-state index is 10.6. The van der Waals surface area contributed by atoms with Gasteiger partial charge in [-0.2, -0.15) is 0 Å². The van der Waals surface area contributed by atoms with Gasteiger partial charge in [-0.05, 0) is 44.9 Å². The van der Waals surface area contributed by atoms with Crippen molar-refractivity contribution in [1.82, 2.24) is 4.90 Å². The lowest BCUT2D eigenvalue weighted by Crippen LogP contribution is -2.45. The zero-order valence-corrected chi connectivity index (χ0v) is 13.1. The fourth-order valence-electron chi connectivity index (χ4n) is 2.85. The van der Waals surface area contributed by atoms with Crippen molar-refractivity contribution in [2.45, 2.75) is 45.8 Å². The molecular weight excluding hydrogens is 266 g/mol. The average Bonchev–Trinajstić information content (AvgIpc) is 2.43. The van der Waals surface area contributed by atoms with Gasteiger partial charge in [0.25, 0.3) is 0 Å². The van der Waals surface area contributed by atoms with Crippen LogP contribution in [-0.2, 0) is 9.53 Å². The summed E-state index contributed by atoms with van der Waals surface area (Å²) in [5.74, 6) is -0.720. The van der Waals surface area contributed by atoms with E-state index in [2.05, 4.69) is 43.9 Å². The molecule has 1 heterocycles. The van der Waals surface area contributed by atoms with E-state index in [1.807, 2.05) is 0 Å². The largest absolute Gasteiger partial charge is 0.481 e. The van der Waals surface area contributed by atoms with Gasteiger partial charge in [-0.25, -0.2) is 0 Å². The molecule has 1 fully saturated rings. The van der Waals surface area contributed by atoms with Crippen molar-refractivity contribution < 1.29 is 14.6 Å². The molecule has 4 nitrogen and oxygen atoms in total. The third kappa shape index (κ3) is 4.29. The first-order valence-corrected chi connectivity index (χ1v) is 7.62.